The molecule has 0 aromatic heterocycles. The van der Waals surface area contributed by atoms with Crippen LogP contribution in [0.4, 0.5) is 0 Å². The van der Waals surface area contributed by atoms with Crippen LogP contribution in [0.15, 0.2) is 5.28 Å². The molecule has 0 amide bonds. The lowest BCUT2D eigenvalue weighted by Gasteiger charge is -2.04. The normalized spacial score (nSPS) is 11.2. The van der Waals surface area contributed by atoms with Crippen molar-refractivity contribution in [2.24, 2.45) is 5.28 Å². The number of nitrogens with zero attached hydrogens (tertiary/aromatic N) is 2. The SMILES string of the molecule is CC(=O)OCO/N=[N+](\[O-])NC(C)C. The number of carbonyl (C=O) groups is 1. The van der Waals surface area contributed by atoms with Crippen LogP contribution in [-0.4, -0.2) is 23.8 Å². The van der Waals surface area contributed by atoms with E-state index >= 15 is 0 Å². The van der Waals surface area contributed by atoms with Crippen molar-refractivity contribution in [1.29, 1.82) is 0 Å². The van der Waals surface area contributed by atoms with E-state index < -0.39 is 5.97 Å². The lowest BCUT2D eigenvalue weighted by atomic mass is 10.4. The second-order valence-electron chi connectivity index (χ2n) is 2.52. The molecule has 0 rings (SSSR count). The van der Waals surface area contributed by atoms with Crippen LogP contribution in [0.1, 0.15) is 20.8 Å². The maximum atomic E-state index is 10.7. The van der Waals surface area contributed by atoms with Gasteiger partial charge in [-0.2, -0.15) is 5.43 Å². The van der Waals surface area contributed by atoms with Crippen LogP contribution >= 0.6 is 0 Å². The highest BCUT2D eigenvalue weighted by Crippen LogP contribution is 1.82. The smallest absolute Gasteiger partial charge is 0.305 e. The Hall–Kier alpha value is -1.53. The first-order valence-electron chi connectivity index (χ1n) is 3.72. The highest BCUT2D eigenvalue weighted by Gasteiger charge is 1.98. The van der Waals surface area contributed by atoms with E-state index in [0.717, 1.165) is 0 Å². The minimum atomic E-state index is -0.496. The van der Waals surface area contributed by atoms with Crippen LogP contribution in [0.2, 0.25) is 0 Å². The summed E-state index contributed by atoms with van der Waals surface area (Å²) in [6.45, 7) is 4.40. The fourth-order valence-electron chi connectivity index (χ4n) is 0.430. The first-order valence-corrected chi connectivity index (χ1v) is 3.72. The highest BCUT2D eigenvalue weighted by atomic mass is 16.8. The van der Waals surface area contributed by atoms with Gasteiger partial charge in [0.2, 0.25) is 5.28 Å². The van der Waals surface area contributed by atoms with Gasteiger partial charge < -0.3 is 14.8 Å². The molecule has 0 heterocycles. The molecular weight excluding hydrogens is 178 g/mol. The Morgan fingerprint density at radius 3 is 2.77 bits per heavy atom. The molecule has 7 nitrogen and oxygen atoms in total. The quantitative estimate of drug-likeness (QED) is 0.169. The summed E-state index contributed by atoms with van der Waals surface area (Å²) in [5.41, 5.74) is 2.38. The maximum Gasteiger partial charge on any atom is 0.305 e. The number of ether oxygens (including phenoxy) is 1. The molecule has 0 aromatic carbocycles. The highest BCUT2D eigenvalue weighted by molar-refractivity contribution is 5.65. The molecule has 0 aliphatic heterocycles. The van der Waals surface area contributed by atoms with Gasteiger partial charge in [-0.3, -0.25) is 4.79 Å². The minimum absolute atomic E-state index is 0.0430. The van der Waals surface area contributed by atoms with Crippen LogP contribution in [0.5, 0.6) is 0 Å². The Kier molecular flexibility index (Phi) is 5.33. The number of carbonyl (C=O) groups excluding carboxylic acids is 1. The third kappa shape index (κ3) is 8.38. The van der Waals surface area contributed by atoms with Crippen molar-refractivity contribution in [2.45, 2.75) is 26.8 Å². The van der Waals surface area contributed by atoms with Gasteiger partial charge in [-0.05, 0) is 13.8 Å². The molecule has 0 saturated heterocycles. The topological polar surface area (TPSA) is 86.0 Å². The molecule has 0 aliphatic rings. The molecule has 7 heteroatoms. The van der Waals surface area contributed by atoms with Crippen LogP contribution < -0.4 is 5.43 Å². The van der Waals surface area contributed by atoms with Crippen molar-refractivity contribution in [3.05, 3.63) is 5.21 Å². The van der Waals surface area contributed by atoms with Gasteiger partial charge in [-0.15, -0.1) is 0 Å². The number of esters is 1. The molecule has 0 atom stereocenters. The first-order chi connectivity index (χ1) is 6.02. The van der Waals surface area contributed by atoms with Crippen molar-refractivity contribution in [3.63, 3.8) is 0 Å². The summed E-state index contributed by atoms with van der Waals surface area (Å²) in [7, 11) is 0. The van der Waals surface area contributed by atoms with Crippen molar-refractivity contribution in [2.75, 3.05) is 6.79 Å². The predicted octanol–water partition coefficient (Wildman–Crippen LogP) is 0.314. The zero-order valence-electron chi connectivity index (χ0n) is 7.81. The summed E-state index contributed by atoms with van der Waals surface area (Å²) in [4.78, 5) is 14.7. The Morgan fingerprint density at radius 2 is 2.31 bits per heavy atom. The zero-order valence-corrected chi connectivity index (χ0v) is 7.81. The van der Waals surface area contributed by atoms with Gasteiger partial charge in [0.15, 0.2) is 0 Å². The van der Waals surface area contributed by atoms with Gasteiger partial charge in [0.25, 0.3) is 6.79 Å². The number of nitrogens with one attached hydrogen (secondary N) is 1. The molecule has 0 bridgehead atoms. The third-order valence-electron chi connectivity index (χ3n) is 0.815. The minimum Gasteiger partial charge on any atom is -0.569 e. The van der Waals surface area contributed by atoms with Gasteiger partial charge in [0.05, 0.1) is 11.0 Å². The van der Waals surface area contributed by atoms with Crippen molar-refractivity contribution in [3.8, 4) is 0 Å². The number of hydrogen-bond acceptors (Lipinski definition) is 5. The Labute approximate surface area is 75.8 Å². The van der Waals surface area contributed by atoms with Crippen LogP contribution in [0.25, 0.3) is 0 Å². The molecule has 0 aliphatic carbocycles. The van der Waals surface area contributed by atoms with Crippen LogP contribution in [0, 0.1) is 5.21 Å². The summed E-state index contributed by atoms with van der Waals surface area (Å²) < 4.78 is 4.35. The summed E-state index contributed by atoms with van der Waals surface area (Å²) in [5, 5.41) is 13.7. The van der Waals surface area contributed by atoms with E-state index in [1.807, 2.05) is 0 Å². The Balaban J connectivity index is 3.53. The summed E-state index contributed by atoms with van der Waals surface area (Å²) in [5.74, 6) is -0.496. The van der Waals surface area contributed by atoms with E-state index in [-0.39, 0.29) is 17.8 Å². The van der Waals surface area contributed by atoms with E-state index in [1.165, 1.54) is 6.92 Å². The lowest BCUT2D eigenvalue weighted by molar-refractivity contribution is -0.620. The van der Waals surface area contributed by atoms with E-state index in [0.29, 0.717) is 0 Å². The maximum absolute atomic E-state index is 10.7. The molecule has 76 valence electrons. The largest absolute Gasteiger partial charge is 0.569 e. The number of hydrogen-bond donors (Lipinski definition) is 1. The van der Waals surface area contributed by atoms with E-state index in [4.69, 9.17) is 0 Å². The van der Waals surface area contributed by atoms with Gasteiger partial charge in [-0.1, -0.05) is 0 Å². The molecular formula is C6H13N3O4. The Bertz CT molecular complexity index is 192. The average Bonchev–Trinajstić information content (AvgIpc) is 1.96. The third-order valence-corrected chi connectivity index (χ3v) is 0.815. The number of rotatable bonds is 5. The molecule has 13 heavy (non-hydrogen) atoms. The average molecular weight is 191 g/mol. The van der Waals surface area contributed by atoms with E-state index in [1.54, 1.807) is 13.8 Å². The Morgan fingerprint density at radius 1 is 1.69 bits per heavy atom. The van der Waals surface area contributed by atoms with Gasteiger partial charge in [0.1, 0.15) is 0 Å². The second-order valence-corrected chi connectivity index (χ2v) is 2.52. The lowest BCUT2D eigenvalue weighted by Crippen LogP contribution is -2.29. The zero-order chi connectivity index (χ0) is 10.3. The molecule has 0 radical (unpaired) electrons. The van der Waals surface area contributed by atoms with Crippen LogP contribution in [0.3, 0.4) is 0 Å². The molecule has 0 aromatic rings. The predicted molar refractivity (Wildman–Crippen MR) is 42.0 cm³/mol. The summed E-state index contributed by atoms with van der Waals surface area (Å²) >= 11 is 0. The molecule has 0 spiro atoms. The van der Waals surface area contributed by atoms with E-state index in [2.05, 4.69) is 20.3 Å². The summed E-state index contributed by atoms with van der Waals surface area (Å²) in [6, 6.07) is -0.0430. The fourth-order valence-corrected chi connectivity index (χ4v) is 0.430. The molecule has 0 unspecified atom stereocenters. The standard InChI is InChI=1S/C6H13N3O4/c1-5(2)7-9(11)8-13-4-12-6(3)10/h5H,4H2,1-3H3,(H,7,8). The van der Waals surface area contributed by atoms with Gasteiger partial charge in [0, 0.05) is 6.92 Å². The van der Waals surface area contributed by atoms with Crippen molar-refractivity contribution in [1.82, 2.24) is 5.43 Å². The summed E-state index contributed by atoms with van der Waals surface area (Å²) in [6.07, 6.45) is 0. The number of hydrazine groups is 1. The van der Waals surface area contributed by atoms with E-state index in [9.17, 15) is 10.0 Å². The van der Waals surface area contributed by atoms with Gasteiger partial charge in [-0.25, -0.2) is 0 Å². The second kappa shape index (κ2) is 6.04. The molecule has 0 fully saturated rings. The first kappa shape index (κ1) is 11.5. The fraction of sp³-hybridized carbons (Fsp3) is 0.833. The molecule has 1 N–H and O–H groups in total. The molecule has 0 saturated carbocycles. The monoisotopic (exact) mass is 191 g/mol. The van der Waals surface area contributed by atoms with Crippen LogP contribution in [-0.2, 0) is 14.4 Å². The van der Waals surface area contributed by atoms with Gasteiger partial charge >= 0.3 is 5.97 Å². The van der Waals surface area contributed by atoms with Crippen molar-refractivity contribution < 1.29 is 19.3 Å². The van der Waals surface area contributed by atoms with Crippen molar-refractivity contribution >= 4 is 5.97 Å².